The lowest BCUT2D eigenvalue weighted by Gasteiger charge is -2.47. The van der Waals surface area contributed by atoms with Gasteiger partial charge in [-0.25, -0.2) is 4.79 Å². The predicted octanol–water partition coefficient (Wildman–Crippen LogP) is 1.83. The van der Waals surface area contributed by atoms with Crippen molar-refractivity contribution in [3.05, 3.63) is 81.0 Å². The number of aliphatic carboxylic acids is 1. The number of nitro groups is 1. The number of hydrogen-bond acceptors (Lipinski definition) is 6. The number of carbonyl (C=O) groups excluding carboxylic acids is 2. The average Bonchev–Trinajstić information content (AvgIpc) is 3.09. The number of amides is 2. The summed E-state index contributed by atoms with van der Waals surface area (Å²) < 4.78 is 0. The van der Waals surface area contributed by atoms with Crippen molar-refractivity contribution in [2.45, 2.75) is 25.5 Å². The fourth-order valence-corrected chi connectivity index (χ4v) is 4.93. The van der Waals surface area contributed by atoms with Gasteiger partial charge < -0.3 is 20.4 Å². The van der Waals surface area contributed by atoms with E-state index in [9.17, 15) is 34.7 Å². The molecule has 0 radical (unpaired) electrons. The normalized spacial score (nSPS) is 22.1. The third-order valence-corrected chi connectivity index (χ3v) is 6.48. The first-order valence-corrected chi connectivity index (χ1v) is 10.7. The second kappa shape index (κ2) is 8.71. The van der Waals surface area contributed by atoms with Gasteiger partial charge in [0.25, 0.3) is 11.6 Å². The number of benzene rings is 2. The molecular weight excluding hydrogens is 442 g/mol. The van der Waals surface area contributed by atoms with E-state index in [0.717, 1.165) is 5.56 Å². The number of fused-ring (bicyclic) bond motifs is 1. The Kier molecular flexibility index (Phi) is 5.92. The summed E-state index contributed by atoms with van der Waals surface area (Å²) in [5.41, 5.74) is 1.88. The molecule has 10 heteroatoms. The van der Waals surface area contributed by atoms with E-state index in [4.69, 9.17) is 0 Å². The molecule has 1 unspecified atom stereocenters. The van der Waals surface area contributed by atoms with Crippen molar-refractivity contribution in [1.82, 2.24) is 10.2 Å². The van der Waals surface area contributed by atoms with Gasteiger partial charge in [0.15, 0.2) is 0 Å². The van der Waals surface area contributed by atoms with Gasteiger partial charge in [0.05, 0.1) is 23.0 Å². The molecule has 1 fully saturated rings. The van der Waals surface area contributed by atoms with E-state index in [1.165, 1.54) is 31.0 Å². The monoisotopic (exact) mass is 465 g/mol. The molecule has 2 aliphatic heterocycles. The van der Waals surface area contributed by atoms with Crippen LogP contribution in [0, 0.1) is 22.0 Å². The maximum Gasteiger partial charge on any atom is 0.352 e. The van der Waals surface area contributed by atoms with E-state index in [0.29, 0.717) is 23.1 Å². The van der Waals surface area contributed by atoms with Crippen molar-refractivity contribution in [1.29, 1.82) is 0 Å². The molecule has 4 atom stereocenters. The van der Waals surface area contributed by atoms with Crippen molar-refractivity contribution >= 4 is 29.0 Å². The summed E-state index contributed by atoms with van der Waals surface area (Å²) in [6.07, 6.45) is -0.669. The van der Waals surface area contributed by atoms with E-state index in [2.05, 4.69) is 5.32 Å². The number of hydrogen-bond donors (Lipinski definition) is 3. The first-order chi connectivity index (χ1) is 16.1. The largest absolute Gasteiger partial charge is 0.477 e. The van der Waals surface area contributed by atoms with Crippen molar-refractivity contribution in [3.63, 3.8) is 0 Å². The second-order valence-corrected chi connectivity index (χ2v) is 8.42. The van der Waals surface area contributed by atoms with E-state index < -0.39 is 40.8 Å². The lowest BCUT2D eigenvalue weighted by molar-refractivity contribution is -0.384. The molecule has 0 spiro atoms. The third kappa shape index (κ3) is 3.71. The molecule has 2 aromatic carbocycles. The van der Waals surface area contributed by atoms with Crippen LogP contribution in [0.5, 0.6) is 0 Å². The highest BCUT2D eigenvalue weighted by Gasteiger charge is 2.61. The smallest absolute Gasteiger partial charge is 0.352 e. The summed E-state index contributed by atoms with van der Waals surface area (Å²) in [5, 5.41) is 33.8. The predicted molar refractivity (Wildman–Crippen MR) is 120 cm³/mol. The highest BCUT2D eigenvalue weighted by Crippen LogP contribution is 2.51. The number of aliphatic hydroxyl groups is 1. The van der Waals surface area contributed by atoms with Crippen LogP contribution in [0.25, 0.3) is 5.57 Å². The number of aliphatic hydroxyl groups excluding tert-OH is 1. The standard InChI is InChI=1S/C24H23N3O7/c1-12(28)18-20-17(11-13-3-9-16(10-4-13)27(33)34)19(21(24(31)32)26(20)23(18)30)14-5-7-15(8-6-14)22(29)25-2/h3-10,12,17-18,20,28H,11H2,1-2H3,(H,25,29)(H,31,32)/t12-,17?,18-,20-/m1/s1. The SMILES string of the molecule is CNC(=O)c1ccc(C2=C(C(=O)O)N3C(=O)[C@H]([C@@H](C)O)[C@H]3C2Cc2ccc([N+](=O)[O-])cc2)cc1. The topological polar surface area (TPSA) is 150 Å². The van der Waals surface area contributed by atoms with E-state index in [1.54, 1.807) is 36.4 Å². The lowest BCUT2D eigenvalue weighted by atomic mass is 9.73. The molecule has 2 heterocycles. The molecule has 10 nitrogen and oxygen atoms in total. The maximum atomic E-state index is 12.8. The van der Waals surface area contributed by atoms with Crippen molar-refractivity contribution in [2.24, 2.45) is 11.8 Å². The molecule has 2 aromatic rings. The molecule has 0 aromatic heterocycles. The van der Waals surface area contributed by atoms with Gasteiger partial charge in [-0.1, -0.05) is 24.3 Å². The number of carboxylic acid groups (broad SMARTS) is 1. The number of carbonyl (C=O) groups is 3. The molecule has 2 amide bonds. The number of nitro benzene ring substituents is 1. The molecule has 4 rings (SSSR count). The first-order valence-electron chi connectivity index (χ1n) is 10.7. The summed E-state index contributed by atoms with van der Waals surface area (Å²) in [6, 6.07) is 11.8. The second-order valence-electron chi connectivity index (χ2n) is 8.42. The van der Waals surface area contributed by atoms with Crippen molar-refractivity contribution in [3.8, 4) is 0 Å². The Morgan fingerprint density at radius 2 is 1.76 bits per heavy atom. The van der Waals surface area contributed by atoms with Gasteiger partial charge in [-0.15, -0.1) is 0 Å². The molecule has 34 heavy (non-hydrogen) atoms. The zero-order valence-electron chi connectivity index (χ0n) is 18.5. The van der Waals surface area contributed by atoms with Crippen molar-refractivity contribution < 1.29 is 29.5 Å². The number of β-lactam (4-membered cyclic amide) rings is 1. The summed E-state index contributed by atoms with van der Waals surface area (Å²) in [6.45, 7) is 1.50. The summed E-state index contributed by atoms with van der Waals surface area (Å²) in [7, 11) is 1.51. The number of carboxylic acids is 1. The lowest BCUT2D eigenvalue weighted by Crippen LogP contribution is -2.64. The Hall–Kier alpha value is -4.05. The van der Waals surface area contributed by atoms with Crippen LogP contribution in [0.1, 0.15) is 28.4 Å². The van der Waals surface area contributed by atoms with Crippen LogP contribution in [0.15, 0.2) is 54.2 Å². The first kappa shape index (κ1) is 23.1. The third-order valence-electron chi connectivity index (χ3n) is 6.48. The quantitative estimate of drug-likeness (QED) is 0.321. The molecule has 3 N–H and O–H groups in total. The Labute approximate surface area is 194 Å². The molecule has 0 saturated carbocycles. The highest BCUT2D eigenvalue weighted by atomic mass is 16.6. The van der Waals surface area contributed by atoms with Gasteiger partial charge in [-0.05, 0) is 42.2 Å². The van der Waals surface area contributed by atoms with Crippen LogP contribution in [0.3, 0.4) is 0 Å². The summed E-state index contributed by atoms with van der Waals surface area (Å²) in [5.74, 6) is -3.25. The van der Waals surface area contributed by atoms with Crippen LogP contribution >= 0.6 is 0 Å². The Balaban J connectivity index is 1.80. The van der Waals surface area contributed by atoms with Crippen LogP contribution in [-0.2, 0) is 16.0 Å². The van der Waals surface area contributed by atoms with Crippen LogP contribution in [0.4, 0.5) is 5.69 Å². The van der Waals surface area contributed by atoms with Crippen LogP contribution < -0.4 is 5.32 Å². The molecule has 1 saturated heterocycles. The van der Waals surface area contributed by atoms with E-state index in [-0.39, 0.29) is 17.3 Å². The highest BCUT2D eigenvalue weighted by molar-refractivity contribution is 6.07. The number of rotatable bonds is 7. The van der Waals surface area contributed by atoms with Gasteiger partial charge >= 0.3 is 5.97 Å². The maximum absolute atomic E-state index is 12.8. The fourth-order valence-electron chi connectivity index (χ4n) is 4.93. The van der Waals surface area contributed by atoms with E-state index >= 15 is 0 Å². The average molecular weight is 465 g/mol. The van der Waals surface area contributed by atoms with E-state index in [1.807, 2.05) is 0 Å². The fraction of sp³-hybridized carbons (Fsp3) is 0.292. The molecule has 176 valence electrons. The number of non-ortho nitro benzene ring substituents is 1. The van der Waals surface area contributed by atoms with Gasteiger partial charge in [0, 0.05) is 30.7 Å². The van der Waals surface area contributed by atoms with Gasteiger partial charge in [0.2, 0.25) is 5.91 Å². The minimum Gasteiger partial charge on any atom is -0.477 e. The summed E-state index contributed by atoms with van der Waals surface area (Å²) >= 11 is 0. The number of nitrogens with one attached hydrogen (secondary N) is 1. The Bertz CT molecular complexity index is 1200. The van der Waals surface area contributed by atoms with Gasteiger partial charge in [-0.3, -0.25) is 19.7 Å². The van der Waals surface area contributed by atoms with Crippen LogP contribution in [0.2, 0.25) is 0 Å². The molecule has 0 aliphatic carbocycles. The van der Waals surface area contributed by atoms with Crippen molar-refractivity contribution in [2.75, 3.05) is 7.05 Å². The minimum atomic E-state index is -1.26. The van der Waals surface area contributed by atoms with Gasteiger partial charge in [-0.2, -0.15) is 0 Å². The minimum absolute atomic E-state index is 0.0655. The Morgan fingerprint density at radius 1 is 1.15 bits per heavy atom. The van der Waals surface area contributed by atoms with Crippen LogP contribution in [-0.4, -0.2) is 57.0 Å². The summed E-state index contributed by atoms with van der Waals surface area (Å²) in [4.78, 5) is 48.8. The van der Waals surface area contributed by atoms with Gasteiger partial charge in [0.1, 0.15) is 5.70 Å². The molecule has 0 bridgehead atoms. The zero-order chi connectivity index (χ0) is 24.7. The Morgan fingerprint density at radius 3 is 2.26 bits per heavy atom. The number of nitrogens with zero attached hydrogens (tertiary/aromatic N) is 2. The zero-order valence-corrected chi connectivity index (χ0v) is 18.5. The molecular formula is C24H23N3O7. The molecule has 2 aliphatic rings.